The lowest BCUT2D eigenvalue weighted by Crippen LogP contribution is -2.44. The van der Waals surface area contributed by atoms with Crippen LogP contribution in [0.2, 0.25) is 0 Å². The van der Waals surface area contributed by atoms with Gasteiger partial charge in [-0.1, -0.05) is 32.4 Å². The van der Waals surface area contributed by atoms with Crippen molar-refractivity contribution in [3.8, 4) is 0 Å². The Hall–Kier alpha value is -0.590. The quantitative estimate of drug-likeness (QED) is 0.569. The van der Waals surface area contributed by atoms with Gasteiger partial charge in [-0.15, -0.1) is 0 Å². The Labute approximate surface area is 98.3 Å². The number of carbonyl (C=O) groups is 1. The zero-order valence-electron chi connectivity index (χ0n) is 10.8. The van der Waals surface area contributed by atoms with Crippen molar-refractivity contribution in [3.05, 3.63) is 11.6 Å². The summed E-state index contributed by atoms with van der Waals surface area (Å²) in [5.74, 6) is 4.01. The summed E-state index contributed by atoms with van der Waals surface area (Å²) < 4.78 is 0. The molecule has 5 unspecified atom stereocenters. The second-order valence-corrected chi connectivity index (χ2v) is 6.77. The lowest BCUT2D eigenvalue weighted by Gasteiger charge is -2.45. The van der Waals surface area contributed by atoms with Crippen molar-refractivity contribution in [3.63, 3.8) is 0 Å². The zero-order chi connectivity index (χ0) is 11.7. The van der Waals surface area contributed by atoms with Gasteiger partial charge in [0.15, 0.2) is 0 Å². The van der Waals surface area contributed by atoms with Gasteiger partial charge in [0.25, 0.3) is 0 Å². The predicted octanol–water partition coefficient (Wildman–Crippen LogP) is 3.45. The molecule has 1 heteroatoms. The molecular weight excluding hydrogens is 196 g/mol. The van der Waals surface area contributed by atoms with Gasteiger partial charge in [-0.05, 0) is 42.9 Å². The topological polar surface area (TPSA) is 17.1 Å². The Bertz CT molecular complexity index is 377. The molecule has 0 heterocycles. The van der Waals surface area contributed by atoms with Gasteiger partial charge in [0, 0.05) is 11.8 Å². The van der Waals surface area contributed by atoms with E-state index in [0.717, 1.165) is 18.3 Å². The molecule has 0 spiro atoms. The van der Waals surface area contributed by atoms with Crippen LogP contribution in [-0.2, 0) is 4.79 Å². The number of hydrogen-bond acceptors (Lipinski definition) is 1. The van der Waals surface area contributed by atoms with Crippen molar-refractivity contribution in [2.75, 3.05) is 0 Å². The summed E-state index contributed by atoms with van der Waals surface area (Å²) in [6, 6.07) is 0. The maximum absolute atomic E-state index is 12.2. The van der Waals surface area contributed by atoms with Crippen LogP contribution in [0.4, 0.5) is 0 Å². The van der Waals surface area contributed by atoms with Crippen LogP contribution in [0.1, 0.15) is 40.5 Å². The second kappa shape index (κ2) is 3.00. The Kier molecular flexibility index (Phi) is 1.98. The van der Waals surface area contributed by atoms with Gasteiger partial charge in [0.1, 0.15) is 5.78 Å². The fourth-order valence-corrected chi connectivity index (χ4v) is 4.90. The fraction of sp³-hybridized carbons (Fsp3) is 0.800. The van der Waals surface area contributed by atoms with Crippen LogP contribution in [0.15, 0.2) is 11.6 Å². The first kappa shape index (κ1) is 10.6. The van der Waals surface area contributed by atoms with E-state index in [9.17, 15) is 4.79 Å². The van der Waals surface area contributed by atoms with E-state index >= 15 is 0 Å². The van der Waals surface area contributed by atoms with Crippen molar-refractivity contribution < 1.29 is 4.79 Å². The molecular formula is C15H22O. The molecule has 3 rings (SSSR count). The molecule has 0 saturated heterocycles. The molecule has 1 nitrogen and oxygen atoms in total. The van der Waals surface area contributed by atoms with Gasteiger partial charge < -0.3 is 0 Å². The molecule has 0 N–H and O–H groups in total. The molecule has 4 bridgehead atoms. The Morgan fingerprint density at radius 3 is 2.69 bits per heavy atom. The summed E-state index contributed by atoms with van der Waals surface area (Å²) in [6.07, 6.45) is 4.48. The number of Topliss-reactive ketones (excluding diaryl/α,β-unsaturated/α-hetero) is 1. The molecule has 0 aromatic heterocycles. The first-order chi connectivity index (χ1) is 7.44. The van der Waals surface area contributed by atoms with Crippen molar-refractivity contribution in [1.82, 2.24) is 0 Å². The summed E-state index contributed by atoms with van der Waals surface area (Å²) in [6.45, 7) is 9.04. The molecule has 3 aliphatic carbocycles. The summed E-state index contributed by atoms with van der Waals surface area (Å²) in [4.78, 5) is 12.2. The molecule has 0 amide bonds. The van der Waals surface area contributed by atoms with E-state index in [-0.39, 0.29) is 5.41 Å². The highest BCUT2D eigenvalue weighted by Gasteiger charge is 2.61. The van der Waals surface area contributed by atoms with Crippen molar-refractivity contribution in [2.45, 2.75) is 40.5 Å². The van der Waals surface area contributed by atoms with E-state index in [2.05, 4.69) is 33.8 Å². The third kappa shape index (κ3) is 1.05. The van der Waals surface area contributed by atoms with E-state index in [1.807, 2.05) is 0 Å². The largest absolute Gasteiger partial charge is 0.299 e. The molecule has 0 aromatic carbocycles. The first-order valence-electron chi connectivity index (χ1n) is 6.64. The lowest BCUT2D eigenvalue weighted by atomic mass is 9.58. The van der Waals surface area contributed by atoms with Gasteiger partial charge in [-0.2, -0.15) is 0 Å². The van der Waals surface area contributed by atoms with Crippen LogP contribution >= 0.6 is 0 Å². The minimum Gasteiger partial charge on any atom is -0.299 e. The second-order valence-electron chi connectivity index (χ2n) is 6.77. The average molecular weight is 218 g/mol. The molecule has 3 aliphatic rings. The highest BCUT2D eigenvalue weighted by atomic mass is 16.1. The average Bonchev–Trinajstić information content (AvgIpc) is 2.40. The third-order valence-electron chi connectivity index (χ3n) is 5.87. The predicted molar refractivity (Wildman–Crippen MR) is 64.9 cm³/mol. The van der Waals surface area contributed by atoms with Gasteiger partial charge >= 0.3 is 0 Å². The Morgan fingerprint density at radius 1 is 1.31 bits per heavy atom. The monoisotopic (exact) mass is 218 g/mol. The molecule has 16 heavy (non-hydrogen) atoms. The molecule has 2 saturated carbocycles. The highest BCUT2D eigenvalue weighted by molar-refractivity contribution is 5.86. The van der Waals surface area contributed by atoms with Crippen molar-refractivity contribution in [2.24, 2.45) is 35.0 Å². The Balaban J connectivity index is 2.12. The molecule has 88 valence electrons. The summed E-state index contributed by atoms with van der Waals surface area (Å²) in [7, 11) is 0. The highest BCUT2D eigenvalue weighted by Crippen LogP contribution is 2.63. The van der Waals surface area contributed by atoms with Crippen molar-refractivity contribution >= 4 is 5.78 Å². The third-order valence-corrected chi connectivity index (χ3v) is 5.87. The van der Waals surface area contributed by atoms with Crippen LogP contribution in [0.3, 0.4) is 0 Å². The number of allylic oxidation sites excluding steroid dienone is 2. The summed E-state index contributed by atoms with van der Waals surface area (Å²) in [5, 5.41) is 0. The maximum Gasteiger partial charge on any atom is 0.139 e. The van der Waals surface area contributed by atoms with E-state index < -0.39 is 0 Å². The normalized spacial score (nSPS) is 49.1. The fourth-order valence-electron chi connectivity index (χ4n) is 4.90. The number of ketones is 1. The molecule has 0 aromatic rings. The maximum atomic E-state index is 12.2. The van der Waals surface area contributed by atoms with Crippen LogP contribution in [0.25, 0.3) is 0 Å². The SMILES string of the molecule is CC1=CCC2C(C)C3CC(=O)C(C)(C)C2C13. The number of carbonyl (C=O) groups excluding carboxylic acids is 1. The van der Waals surface area contributed by atoms with E-state index in [1.165, 1.54) is 6.42 Å². The lowest BCUT2D eigenvalue weighted by molar-refractivity contribution is -0.135. The smallest absolute Gasteiger partial charge is 0.139 e. The molecule has 0 aliphatic heterocycles. The molecule has 5 atom stereocenters. The first-order valence-corrected chi connectivity index (χ1v) is 6.64. The minimum absolute atomic E-state index is 0.0773. The Morgan fingerprint density at radius 2 is 2.00 bits per heavy atom. The van der Waals surface area contributed by atoms with E-state index in [0.29, 0.717) is 23.5 Å². The van der Waals surface area contributed by atoms with Crippen molar-refractivity contribution in [1.29, 1.82) is 0 Å². The zero-order valence-corrected chi connectivity index (χ0v) is 10.8. The van der Waals surface area contributed by atoms with Gasteiger partial charge in [0.05, 0.1) is 0 Å². The van der Waals surface area contributed by atoms with Crippen LogP contribution < -0.4 is 0 Å². The molecule has 0 radical (unpaired) electrons. The van der Waals surface area contributed by atoms with E-state index in [1.54, 1.807) is 5.57 Å². The van der Waals surface area contributed by atoms with Crippen LogP contribution in [0, 0.1) is 35.0 Å². The molecule has 2 fully saturated rings. The van der Waals surface area contributed by atoms with E-state index in [4.69, 9.17) is 0 Å². The summed E-state index contributed by atoms with van der Waals surface area (Å²) >= 11 is 0. The standard InChI is InChI=1S/C15H22O/c1-8-5-6-10-9(2)11-7-12(16)15(3,4)14(10)13(8)11/h5,9-11,13-14H,6-7H2,1-4H3. The van der Waals surface area contributed by atoms with Gasteiger partial charge in [-0.25, -0.2) is 0 Å². The van der Waals surface area contributed by atoms with Gasteiger partial charge in [-0.3, -0.25) is 4.79 Å². The minimum atomic E-state index is -0.0773. The van der Waals surface area contributed by atoms with Gasteiger partial charge in [0.2, 0.25) is 0 Å². The van der Waals surface area contributed by atoms with Crippen LogP contribution in [0.5, 0.6) is 0 Å². The summed E-state index contributed by atoms with van der Waals surface area (Å²) in [5.41, 5.74) is 1.49. The number of hydrogen-bond donors (Lipinski definition) is 0. The van der Waals surface area contributed by atoms with Crippen LogP contribution in [-0.4, -0.2) is 5.78 Å². The number of rotatable bonds is 0.